The molecule has 0 fully saturated rings. The van der Waals surface area contributed by atoms with Gasteiger partial charge < -0.3 is 5.11 Å². The standard InChI is InChI=1S/C10H22N2O4S/c1-3-4-5-6-7-8-9(2)11-17(15,16)12-10(13)14/h9,11-12H,3-8H2,1-2H3,(H,13,14). The van der Waals surface area contributed by atoms with Crippen LogP contribution < -0.4 is 9.44 Å². The van der Waals surface area contributed by atoms with Crippen LogP contribution in [0.25, 0.3) is 0 Å². The quantitative estimate of drug-likeness (QED) is 0.555. The highest BCUT2D eigenvalue weighted by Crippen LogP contribution is 2.07. The van der Waals surface area contributed by atoms with Gasteiger partial charge in [-0.3, -0.25) is 0 Å². The van der Waals surface area contributed by atoms with Gasteiger partial charge in [0.1, 0.15) is 0 Å². The Kier molecular flexibility index (Phi) is 7.90. The molecule has 1 amide bonds. The van der Waals surface area contributed by atoms with Crippen LogP contribution in [0.2, 0.25) is 0 Å². The van der Waals surface area contributed by atoms with E-state index in [2.05, 4.69) is 11.6 Å². The third-order valence-corrected chi connectivity index (χ3v) is 3.47. The highest BCUT2D eigenvalue weighted by molar-refractivity contribution is 7.88. The van der Waals surface area contributed by atoms with Crippen LogP contribution in [-0.2, 0) is 10.2 Å². The van der Waals surface area contributed by atoms with Crippen LogP contribution >= 0.6 is 0 Å². The molecule has 7 heteroatoms. The number of unbranched alkanes of at least 4 members (excludes halogenated alkanes) is 4. The molecule has 0 aliphatic heterocycles. The molecule has 0 aliphatic carbocycles. The van der Waals surface area contributed by atoms with E-state index in [4.69, 9.17) is 5.11 Å². The van der Waals surface area contributed by atoms with Crippen molar-refractivity contribution in [2.24, 2.45) is 0 Å². The molecule has 0 radical (unpaired) electrons. The minimum atomic E-state index is -3.93. The van der Waals surface area contributed by atoms with Crippen molar-refractivity contribution in [3.63, 3.8) is 0 Å². The van der Waals surface area contributed by atoms with Crippen LogP contribution in [0.1, 0.15) is 52.4 Å². The van der Waals surface area contributed by atoms with E-state index in [1.165, 1.54) is 17.6 Å². The lowest BCUT2D eigenvalue weighted by molar-refractivity contribution is 0.201. The van der Waals surface area contributed by atoms with Crippen LogP contribution in [0.15, 0.2) is 0 Å². The largest absolute Gasteiger partial charge is 0.464 e. The molecule has 0 aliphatic rings. The number of carboxylic acid groups (broad SMARTS) is 1. The van der Waals surface area contributed by atoms with Crippen molar-refractivity contribution in [3.8, 4) is 0 Å². The van der Waals surface area contributed by atoms with Crippen molar-refractivity contribution in [3.05, 3.63) is 0 Å². The molecule has 0 bridgehead atoms. The first-order valence-corrected chi connectivity index (χ1v) is 7.38. The Labute approximate surface area is 103 Å². The normalized spacial score (nSPS) is 13.3. The number of hydrogen-bond donors (Lipinski definition) is 3. The van der Waals surface area contributed by atoms with E-state index >= 15 is 0 Å². The van der Waals surface area contributed by atoms with Crippen molar-refractivity contribution >= 4 is 16.3 Å². The Morgan fingerprint density at radius 2 is 1.82 bits per heavy atom. The number of amides is 1. The summed E-state index contributed by atoms with van der Waals surface area (Å²) in [6, 6.07) is -0.256. The first kappa shape index (κ1) is 16.2. The summed E-state index contributed by atoms with van der Waals surface area (Å²) in [5.41, 5.74) is 0. The third kappa shape index (κ3) is 10.1. The molecule has 0 spiro atoms. The van der Waals surface area contributed by atoms with E-state index in [9.17, 15) is 13.2 Å². The zero-order valence-corrected chi connectivity index (χ0v) is 11.2. The first-order valence-electron chi connectivity index (χ1n) is 5.90. The highest BCUT2D eigenvalue weighted by Gasteiger charge is 2.15. The number of carbonyl (C=O) groups is 1. The lowest BCUT2D eigenvalue weighted by Gasteiger charge is -2.13. The van der Waals surface area contributed by atoms with E-state index in [1.54, 1.807) is 6.92 Å². The van der Waals surface area contributed by atoms with E-state index < -0.39 is 16.3 Å². The van der Waals surface area contributed by atoms with Gasteiger partial charge in [0.15, 0.2) is 0 Å². The SMILES string of the molecule is CCCCCCCC(C)NS(=O)(=O)NC(=O)O. The summed E-state index contributed by atoms with van der Waals surface area (Å²) in [5.74, 6) is 0. The number of nitrogens with one attached hydrogen (secondary N) is 2. The molecule has 0 rings (SSSR count). The van der Waals surface area contributed by atoms with Crippen LogP contribution in [0.4, 0.5) is 4.79 Å². The second-order valence-electron chi connectivity index (χ2n) is 4.13. The summed E-state index contributed by atoms with van der Waals surface area (Å²) >= 11 is 0. The molecule has 6 nitrogen and oxygen atoms in total. The zero-order chi connectivity index (χ0) is 13.3. The molecule has 0 aromatic rings. The van der Waals surface area contributed by atoms with Gasteiger partial charge in [0.2, 0.25) is 0 Å². The Morgan fingerprint density at radius 3 is 2.35 bits per heavy atom. The fraction of sp³-hybridized carbons (Fsp3) is 0.900. The van der Waals surface area contributed by atoms with Crippen molar-refractivity contribution < 1.29 is 18.3 Å². The molecule has 3 N–H and O–H groups in total. The summed E-state index contributed by atoms with van der Waals surface area (Å²) < 4.78 is 26.1. The minimum absolute atomic E-state index is 0.256. The van der Waals surface area contributed by atoms with Crippen LogP contribution in [0, 0.1) is 0 Å². The molecule has 0 saturated heterocycles. The van der Waals surface area contributed by atoms with Crippen LogP contribution in [0.3, 0.4) is 0 Å². The van der Waals surface area contributed by atoms with Crippen molar-refractivity contribution in [2.45, 2.75) is 58.4 Å². The minimum Gasteiger partial charge on any atom is -0.464 e. The maximum absolute atomic E-state index is 11.2. The molecular weight excluding hydrogens is 244 g/mol. The fourth-order valence-electron chi connectivity index (χ4n) is 1.52. The molecular formula is C10H22N2O4S. The second kappa shape index (κ2) is 8.30. The molecule has 102 valence electrons. The van der Waals surface area contributed by atoms with Gasteiger partial charge in [0, 0.05) is 6.04 Å². The maximum Gasteiger partial charge on any atom is 0.419 e. The predicted molar refractivity (Wildman–Crippen MR) is 66.1 cm³/mol. The van der Waals surface area contributed by atoms with Gasteiger partial charge in [-0.1, -0.05) is 39.0 Å². The van der Waals surface area contributed by atoms with Gasteiger partial charge in [0.05, 0.1) is 0 Å². The lowest BCUT2D eigenvalue weighted by Crippen LogP contribution is -2.43. The summed E-state index contributed by atoms with van der Waals surface area (Å²) in [6.45, 7) is 3.86. The summed E-state index contributed by atoms with van der Waals surface area (Å²) in [7, 11) is -3.93. The first-order chi connectivity index (χ1) is 7.87. The average molecular weight is 266 g/mol. The Bertz CT molecular complexity index is 316. The molecule has 1 atom stereocenters. The van der Waals surface area contributed by atoms with E-state index in [0.29, 0.717) is 6.42 Å². The molecule has 0 aromatic heterocycles. The summed E-state index contributed by atoms with van der Waals surface area (Å²) in [6.07, 6.45) is 4.68. The topological polar surface area (TPSA) is 95.5 Å². The number of hydrogen-bond acceptors (Lipinski definition) is 3. The van der Waals surface area contributed by atoms with Gasteiger partial charge in [-0.15, -0.1) is 0 Å². The lowest BCUT2D eigenvalue weighted by atomic mass is 10.1. The zero-order valence-electron chi connectivity index (χ0n) is 10.4. The van der Waals surface area contributed by atoms with Gasteiger partial charge >= 0.3 is 16.3 Å². The Balaban J connectivity index is 3.78. The summed E-state index contributed by atoms with van der Waals surface area (Å²) in [4.78, 5) is 10.2. The Morgan fingerprint density at radius 1 is 1.24 bits per heavy atom. The summed E-state index contributed by atoms with van der Waals surface area (Å²) in [5, 5.41) is 8.30. The highest BCUT2D eigenvalue weighted by atomic mass is 32.2. The fourth-order valence-corrected chi connectivity index (χ4v) is 2.46. The van der Waals surface area contributed by atoms with E-state index in [0.717, 1.165) is 19.3 Å². The van der Waals surface area contributed by atoms with Crippen molar-refractivity contribution in [2.75, 3.05) is 0 Å². The average Bonchev–Trinajstić information content (AvgIpc) is 2.14. The predicted octanol–water partition coefficient (Wildman–Crippen LogP) is 1.84. The number of rotatable bonds is 9. The molecule has 0 heterocycles. The van der Waals surface area contributed by atoms with Crippen LogP contribution in [-0.4, -0.2) is 25.7 Å². The van der Waals surface area contributed by atoms with E-state index in [1.807, 2.05) is 0 Å². The van der Waals surface area contributed by atoms with Gasteiger partial charge in [0.25, 0.3) is 0 Å². The second-order valence-corrected chi connectivity index (χ2v) is 5.58. The smallest absolute Gasteiger partial charge is 0.419 e. The van der Waals surface area contributed by atoms with Gasteiger partial charge in [-0.2, -0.15) is 13.1 Å². The molecule has 17 heavy (non-hydrogen) atoms. The van der Waals surface area contributed by atoms with Gasteiger partial charge in [-0.05, 0) is 13.3 Å². The monoisotopic (exact) mass is 266 g/mol. The Hall–Kier alpha value is -0.820. The van der Waals surface area contributed by atoms with Crippen LogP contribution in [0.5, 0.6) is 0 Å². The van der Waals surface area contributed by atoms with Crippen molar-refractivity contribution in [1.82, 2.24) is 9.44 Å². The molecule has 1 unspecified atom stereocenters. The van der Waals surface area contributed by atoms with Gasteiger partial charge in [-0.25, -0.2) is 9.52 Å². The molecule has 0 saturated carbocycles. The van der Waals surface area contributed by atoms with Crippen molar-refractivity contribution in [1.29, 1.82) is 0 Å². The maximum atomic E-state index is 11.2. The molecule has 0 aromatic carbocycles. The van der Waals surface area contributed by atoms with E-state index in [-0.39, 0.29) is 6.04 Å². The third-order valence-electron chi connectivity index (χ3n) is 2.32.